The van der Waals surface area contributed by atoms with Crippen molar-refractivity contribution in [3.63, 3.8) is 0 Å². The third-order valence-electron chi connectivity index (χ3n) is 4.02. The molecule has 5 heteroatoms. The number of hydrogen-bond acceptors (Lipinski definition) is 3. The van der Waals surface area contributed by atoms with Gasteiger partial charge in [-0.15, -0.1) is 0 Å². The van der Waals surface area contributed by atoms with E-state index >= 15 is 0 Å². The van der Waals surface area contributed by atoms with E-state index in [-0.39, 0.29) is 0 Å². The summed E-state index contributed by atoms with van der Waals surface area (Å²) in [5.41, 5.74) is 1.64. The summed E-state index contributed by atoms with van der Waals surface area (Å²) in [6.07, 6.45) is 2.41. The predicted molar refractivity (Wildman–Crippen MR) is 89.3 cm³/mol. The van der Waals surface area contributed by atoms with E-state index in [9.17, 15) is 8.42 Å². The van der Waals surface area contributed by atoms with Gasteiger partial charge in [0.05, 0.1) is 4.90 Å². The fourth-order valence-electron chi connectivity index (χ4n) is 2.89. The standard InChI is InChI=1S/C17H18ClNO2S/c18-19-13-7-6-12-17(19)22(20,21)16-11-5-4-10-15(16)14-8-2-1-3-9-14/h1-5,8-11,17H,6-7,12-13H2. The zero-order valence-electron chi connectivity index (χ0n) is 12.2. The summed E-state index contributed by atoms with van der Waals surface area (Å²) in [5.74, 6) is 0. The van der Waals surface area contributed by atoms with Gasteiger partial charge in [0, 0.05) is 12.1 Å². The summed E-state index contributed by atoms with van der Waals surface area (Å²) < 4.78 is 27.6. The molecule has 0 aromatic heterocycles. The van der Waals surface area contributed by atoms with Crippen LogP contribution in [0.1, 0.15) is 19.3 Å². The minimum absolute atomic E-state index is 0.360. The Kier molecular flexibility index (Phi) is 4.52. The Morgan fingerprint density at radius 2 is 1.64 bits per heavy atom. The van der Waals surface area contributed by atoms with Crippen molar-refractivity contribution in [1.29, 1.82) is 0 Å². The average Bonchev–Trinajstić information content (AvgIpc) is 2.56. The highest BCUT2D eigenvalue weighted by atomic mass is 35.5. The Morgan fingerprint density at radius 1 is 0.955 bits per heavy atom. The number of hydrogen-bond donors (Lipinski definition) is 0. The van der Waals surface area contributed by atoms with Crippen molar-refractivity contribution in [1.82, 2.24) is 4.42 Å². The molecule has 0 N–H and O–H groups in total. The number of rotatable bonds is 3. The molecule has 1 atom stereocenters. The number of nitrogens with zero attached hydrogens (tertiary/aromatic N) is 1. The normalized spacial score (nSPS) is 20.0. The lowest BCUT2D eigenvalue weighted by atomic mass is 10.1. The van der Waals surface area contributed by atoms with Gasteiger partial charge in [0.25, 0.3) is 0 Å². The monoisotopic (exact) mass is 335 g/mol. The van der Waals surface area contributed by atoms with Gasteiger partial charge in [-0.05, 0) is 42.7 Å². The van der Waals surface area contributed by atoms with Crippen LogP contribution in [-0.4, -0.2) is 24.8 Å². The second-order valence-electron chi connectivity index (χ2n) is 5.48. The first-order valence-corrected chi connectivity index (χ1v) is 9.30. The smallest absolute Gasteiger partial charge is 0.196 e. The van der Waals surface area contributed by atoms with Gasteiger partial charge in [-0.25, -0.2) is 12.8 Å². The predicted octanol–water partition coefficient (Wildman–Crippen LogP) is 4.09. The van der Waals surface area contributed by atoms with Gasteiger partial charge >= 0.3 is 0 Å². The highest BCUT2D eigenvalue weighted by Gasteiger charge is 2.35. The molecule has 1 aliphatic rings. The second kappa shape index (κ2) is 6.41. The number of benzene rings is 2. The molecule has 2 aromatic rings. The molecule has 3 nitrogen and oxygen atoms in total. The Bertz CT molecular complexity index is 746. The van der Waals surface area contributed by atoms with Crippen LogP contribution in [0.4, 0.5) is 0 Å². The third kappa shape index (κ3) is 2.91. The quantitative estimate of drug-likeness (QED) is 0.793. The zero-order valence-corrected chi connectivity index (χ0v) is 13.7. The largest absolute Gasteiger partial charge is 0.222 e. The van der Waals surface area contributed by atoms with Gasteiger partial charge in [0.2, 0.25) is 0 Å². The molecule has 0 spiro atoms. The van der Waals surface area contributed by atoms with Crippen molar-refractivity contribution in [2.45, 2.75) is 29.5 Å². The lowest BCUT2D eigenvalue weighted by molar-refractivity contribution is 0.325. The molecule has 0 aliphatic carbocycles. The van der Waals surface area contributed by atoms with Gasteiger partial charge in [0.1, 0.15) is 5.37 Å². The molecule has 116 valence electrons. The van der Waals surface area contributed by atoms with E-state index < -0.39 is 15.2 Å². The molecule has 1 heterocycles. The van der Waals surface area contributed by atoms with Crippen LogP contribution in [0, 0.1) is 0 Å². The van der Waals surface area contributed by atoms with Crippen LogP contribution in [0.3, 0.4) is 0 Å². The first-order valence-electron chi connectivity index (χ1n) is 7.41. The zero-order chi connectivity index (χ0) is 15.6. The van der Waals surface area contributed by atoms with Crippen LogP contribution < -0.4 is 0 Å². The van der Waals surface area contributed by atoms with E-state index in [0.29, 0.717) is 17.9 Å². The summed E-state index contributed by atoms with van der Waals surface area (Å²) in [6.45, 7) is 0.610. The van der Waals surface area contributed by atoms with E-state index in [0.717, 1.165) is 24.0 Å². The van der Waals surface area contributed by atoms with Crippen LogP contribution in [0.5, 0.6) is 0 Å². The van der Waals surface area contributed by atoms with Crippen molar-refractivity contribution in [3.05, 3.63) is 54.6 Å². The third-order valence-corrected chi connectivity index (χ3v) is 6.72. The van der Waals surface area contributed by atoms with Crippen LogP contribution in [0.15, 0.2) is 59.5 Å². The van der Waals surface area contributed by atoms with Crippen molar-refractivity contribution in [2.24, 2.45) is 0 Å². The van der Waals surface area contributed by atoms with Crippen LogP contribution in [0.2, 0.25) is 0 Å². The molecule has 0 saturated carbocycles. The average molecular weight is 336 g/mol. The molecule has 0 radical (unpaired) electrons. The first-order chi connectivity index (χ1) is 10.6. The maximum atomic E-state index is 13.1. The minimum Gasteiger partial charge on any atom is -0.222 e. The molecular weight excluding hydrogens is 318 g/mol. The summed E-state index contributed by atoms with van der Waals surface area (Å²) in [6, 6.07) is 16.7. The molecule has 1 aliphatic heterocycles. The fraction of sp³-hybridized carbons (Fsp3) is 0.294. The number of sulfone groups is 1. The van der Waals surface area contributed by atoms with Crippen molar-refractivity contribution in [2.75, 3.05) is 6.54 Å². The van der Waals surface area contributed by atoms with E-state index in [2.05, 4.69) is 0 Å². The summed E-state index contributed by atoms with van der Waals surface area (Å²) in [4.78, 5) is 0.360. The molecule has 1 fully saturated rings. The summed E-state index contributed by atoms with van der Waals surface area (Å²) in [7, 11) is -3.50. The number of halogens is 1. The molecule has 0 bridgehead atoms. The van der Waals surface area contributed by atoms with Crippen molar-refractivity contribution < 1.29 is 8.42 Å². The minimum atomic E-state index is -3.50. The summed E-state index contributed by atoms with van der Waals surface area (Å²) in [5, 5.41) is -0.646. The topological polar surface area (TPSA) is 37.4 Å². The highest BCUT2D eigenvalue weighted by molar-refractivity contribution is 7.92. The molecule has 1 saturated heterocycles. The van der Waals surface area contributed by atoms with E-state index in [1.165, 1.54) is 4.42 Å². The Labute approximate surface area is 136 Å². The maximum absolute atomic E-state index is 13.1. The van der Waals surface area contributed by atoms with Gasteiger partial charge in [-0.1, -0.05) is 48.5 Å². The van der Waals surface area contributed by atoms with E-state index in [1.807, 2.05) is 42.5 Å². The Hall–Kier alpha value is -1.36. The van der Waals surface area contributed by atoms with E-state index in [1.54, 1.807) is 12.1 Å². The molecule has 1 unspecified atom stereocenters. The molecule has 22 heavy (non-hydrogen) atoms. The summed E-state index contributed by atoms with van der Waals surface area (Å²) >= 11 is 6.17. The van der Waals surface area contributed by atoms with Crippen LogP contribution >= 0.6 is 11.8 Å². The van der Waals surface area contributed by atoms with Gasteiger partial charge in [-0.3, -0.25) is 0 Å². The van der Waals surface area contributed by atoms with Crippen molar-refractivity contribution in [3.8, 4) is 11.1 Å². The van der Waals surface area contributed by atoms with Gasteiger partial charge < -0.3 is 0 Å². The molecular formula is C17H18ClNO2S. The lowest BCUT2D eigenvalue weighted by Gasteiger charge is -2.30. The van der Waals surface area contributed by atoms with Gasteiger partial charge in [-0.2, -0.15) is 0 Å². The maximum Gasteiger partial charge on any atom is 0.196 e. The van der Waals surface area contributed by atoms with Gasteiger partial charge in [0.15, 0.2) is 9.84 Å². The Morgan fingerprint density at radius 3 is 2.36 bits per heavy atom. The Balaban J connectivity index is 2.08. The SMILES string of the molecule is O=S(=O)(c1ccccc1-c1ccccc1)C1CCCCN1Cl. The second-order valence-corrected chi connectivity index (χ2v) is 7.99. The molecule has 0 amide bonds. The molecule has 2 aromatic carbocycles. The highest BCUT2D eigenvalue weighted by Crippen LogP contribution is 2.34. The van der Waals surface area contributed by atoms with Crippen LogP contribution in [0.25, 0.3) is 11.1 Å². The van der Waals surface area contributed by atoms with Crippen molar-refractivity contribution >= 4 is 21.6 Å². The van der Waals surface area contributed by atoms with E-state index in [4.69, 9.17) is 11.8 Å². The van der Waals surface area contributed by atoms with Crippen LogP contribution in [-0.2, 0) is 9.84 Å². The molecule has 3 rings (SSSR count). The number of piperidine rings is 1. The fourth-order valence-corrected chi connectivity index (χ4v) is 5.36. The lowest BCUT2D eigenvalue weighted by Crippen LogP contribution is -2.38. The first kappa shape index (κ1) is 15.5.